The summed E-state index contributed by atoms with van der Waals surface area (Å²) in [6, 6.07) is 3.85. The second kappa shape index (κ2) is 7.34. The summed E-state index contributed by atoms with van der Waals surface area (Å²) >= 11 is 0. The Hall–Kier alpha value is -3.59. The Morgan fingerprint density at radius 3 is 2.52 bits per heavy atom. The van der Waals surface area contributed by atoms with Crippen LogP contribution in [-0.4, -0.2) is 25.1 Å². The van der Waals surface area contributed by atoms with Crippen LogP contribution in [0.25, 0.3) is 16.8 Å². The van der Waals surface area contributed by atoms with Gasteiger partial charge in [-0.2, -0.15) is 4.98 Å². The molecule has 0 saturated heterocycles. The minimum absolute atomic E-state index is 0.224. The third kappa shape index (κ3) is 3.67. The van der Waals surface area contributed by atoms with Crippen LogP contribution < -0.4 is 17.0 Å². The summed E-state index contributed by atoms with van der Waals surface area (Å²) in [4.78, 5) is 16.9. The summed E-state index contributed by atoms with van der Waals surface area (Å²) in [5.74, 6) is 6.38. The highest BCUT2D eigenvalue weighted by Crippen LogP contribution is 2.30. The molecule has 0 bridgehead atoms. The summed E-state index contributed by atoms with van der Waals surface area (Å²) in [5.41, 5.74) is 10.5. The zero-order valence-electron chi connectivity index (χ0n) is 15.0. The largest absolute Gasteiger partial charge is 0.368 e. The van der Waals surface area contributed by atoms with Gasteiger partial charge in [0.25, 0.3) is 5.89 Å². The maximum absolute atomic E-state index is 5.52. The van der Waals surface area contributed by atoms with Crippen LogP contribution in [0.2, 0.25) is 0 Å². The molecule has 0 fully saturated rings. The van der Waals surface area contributed by atoms with Gasteiger partial charge in [0.05, 0.1) is 16.7 Å². The first-order valence-corrected chi connectivity index (χ1v) is 8.13. The van der Waals surface area contributed by atoms with E-state index >= 15 is 0 Å². The van der Waals surface area contributed by atoms with E-state index in [1.807, 2.05) is 26.0 Å². The predicted octanol–water partition coefficient (Wildman–Crippen LogP) is 1.82. The Balaban J connectivity index is 1.89. The molecule has 0 atom stereocenters. The number of nitrogens with zero attached hydrogens (tertiary/aromatic N) is 5. The van der Waals surface area contributed by atoms with Crippen LogP contribution in [0.5, 0.6) is 0 Å². The number of hydrogen-bond donors (Lipinski definition) is 3. The topological polar surface area (TPSA) is 142 Å². The zero-order chi connectivity index (χ0) is 19.4. The van der Waals surface area contributed by atoms with Crippen molar-refractivity contribution >= 4 is 11.5 Å². The molecule has 9 nitrogen and oxygen atoms in total. The van der Waals surface area contributed by atoms with Gasteiger partial charge < -0.3 is 15.7 Å². The van der Waals surface area contributed by atoms with Crippen LogP contribution in [0.4, 0.5) is 5.95 Å². The van der Waals surface area contributed by atoms with E-state index in [4.69, 9.17) is 16.1 Å². The molecule has 0 saturated carbocycles. The fraction of sp³-hybridized carbons (Fsp3) is 0.167. The molecule has 0 aliphatic heterocycles. The molecule has 3 rings (SSSR count). The summed E-state index contributed by atoms with van der Waals surface area (Å²) < 4.78 is 5.34. The van der Waals surface area contributed by atoms with E-state index in [0.717, 1.165) is 16.8 Å². The maximum Gasteiger partial charge on any atom is 0.259 e. The number of pyridine rings is 1. The summed E-state index contributed by atoms with van der Waals surface area (Å²) in [6.45, 7) is 7.69. The molecule has 0 amide bonds. The molecule has 0 aromatic carbocycles. The van der Waals surface area contributed by atoms with Crippen molar-refractivity contribution in [2.45, 2.75) is 19.3 Å². The Morgan fingerprint density at radius 1 is 1.19 bits per heavy atom. The van der Waals surface area contributed by atoms with Gasteiger partial charge in [0.2, 0.25) is 5.95 Å². The fourth-order valence-corrected chi connectivity index (χ4v) is 2.43. The number of anilines is 1. The molecule has 3 heterocycles. The van der Waals surface area contributed by atoms with Crippen LogP contribution in [0.15, 0.2) is 54.1 Å². The molecular formula is C18H20N8O. The first-order chi connectivity index (χ1) is 13.0. The van der Waals surface area contributed by atoms with Gasteiger partial charge in [-0.1, -0.05) is 23.9 Å². The predicted molar refractivity (Wildman–Crippen MR) is 102 cm³/mol. The lowest BCUT2D eigenvalue weighted by atomic mass is 9.85. The van der Waals surface area contributed by atoms with E-state index < -0.39 is 5.41 Å². The van der Waals surface area contributed by atoms with E-state index in [0.29, 0.717) is 17.3 Å². The SMILES string of the molecule is C=C/C(=C\NN)c1nc(C(C)(C)c2ccc(-c3cnc(N)nc3)nc2)no1. The van der Waals surface area contributed by atoms with Crippen LogP contribution >= 0.6 is 0 Å². The number of rotatable bonds is 6. The van der Waals surface area contributed by atoms with E-state index in [9.17, 15) is 0 Å². The van der Waals surface area contributed by atoms with Crippen molar-refractivity contribution in [1.82, 2.24) is 30.5 Å². The lowest BCUT2D eigenvalue weighted by Gasteiger charge is -2.20. The lowest BCUT2D eigenvalue weighted by Crippen LogP contribution is -2.21. The second-order valence-electron chi connectivity index (χ2n) is 6.28. The van der Waals surface area contributed by atoms with Gasteiger partial charge in [-0.05, 0) is 25.5 Å². The molecule has 3 aromatic rings. The van der Waals surface area contributed by atoms with Crippen LogP contribution in [0, 0.1) is 0 Å². The number of nitrogen functional groups attached to an aromatic ring is 1. The maximum atomic E-state index is 5.52. The Labute approximate surface area is 156 Å². The monoisotopic (exact) mass is 364 g/mol. The highest BCUT2D eigenvalue weighted by Gasteiger charge is 2.29. The fourth-order valence-electron chi connectivity index (χ4n) is 2.43. The molecule has 0 aliphatic carbocycles. The summed E-state index contributed by atoms with van der Waals surface area (Å²) in [5, 5.41) is 4.10. The van der Waals surface area contributed by atoms with Crippen molar-refractivity contribution in [3.8, 4) is 11.3 Å². The van der Waals surface area contributed by atoms with Crippen molar-refractivity contribution in [3.63, 3.8) is 0 Å². The van der Waals surface area contributed by atoms with Gasteiger partial charge in [0, 0.05) is 30.4 Å². The summed E-state index contributed by atoms with van der Waals surface area (Å²) in [7, 11) is 0. The van der Waals surface area contributed by atoms with E-state index in [2.05, 4.69) is 37.1 Å². The highest BCUT2D eigenvalue weighted by atomic mass is 16.5. The first kappa shape index (κ1) is 18.2. The smallest absolute Gasteiger partial charge is 0.259 e. The van der Waals surface area contributed by atoms with Gasteiger partial charge in [-0.25, -0.2) is 9.97 Å². The quantitative estimate of drug-likeness (QED) is 0.339. The van der Waals surface area contributed by atoms with Crippen molar-refractivity contribution in [2.75, 3.05) is 5.73 Å². The standard InChI is InChI=1S/C18H20N8O/c1-4-11(9-24-20)15-25-16(26-27-15)18(2,3)13-5-6-14(21-10-13)12-7-22-17(19)23-8-12/h4-10,24H,1,20H2,2-3H3,(H2,19,22,23)/b11-9+. The second-order valence-corrected chi connectivity index (χ2v) is 6.28. The van der Waals surface area contributed by atoms with Crippen molar-refractivity contribution < 1.29 is 4.52 Å². The minimum Gasteiger partial charge on any atom is -0.368 e. The highest BCUT2D eigenvalue weighted by molar-refractivity contribution is 5.67. The third-order valence-electron chi connectivity index (χ3n) is 4.14. The van der Waals surface area contributed by atoms with Crippen LogP contribution in [0.1, 0.15) is 31.1 Å². The van der Waals surface area contributed by atoms with Crippen LogP contribution in [0.3, 0.4) is 0 Å². The zero-order valence-corrected chi connectivity index (χ0v) is 15.0. The Kier molecular flexibility index (Phi) is 4.95. The van der Waals surface area contributed by atoms with E-state index in [1.165, 1.54) is 6.20 Å². The number of nitrogens with two attached hydrogens (primary N) is 2. The molecule has 27 heavy (non-hydrogen) atoms. The molecule has 0 spiro atoms. The molecule has 0 radical (unpaired) electrons. The molecule has 138 valence electrons. The average Bonchev–Trinajstić information content (AvgIpc) is 3.17. The Bertz CT molecular complexity index is 958. The molecule has 0 aliphatic rings. The number of hydrazine groups is 1. The van der Waals surface area contributed by atoms with Gasteiger partial charge in [0.15, 0.2) is 5.82 Å². The minimum atomic E-state index is -0.521. The third-order valence-corrected chi connectivity index (χ3v) is 4.14. The summed E-state index contributed by atoms with van der Waals surface area (Å²) in [6.07, 6.45) is 8.15. The van der Waals surface area contributed by atoms with E-state index in [-0.39, 0.29) is 5.95 Å². The van der Waals surface area contributed by atoms with Crippen molar-refractivity contribution in [2.24, 2.45) is 5.84 Å². The normalized spacial score (nSPS) is 12.0. The van der Waals surface area contributed by atoms with E-state index in [1.54, 1.807) is 24.7 Å². The van der Waals surface area contributed by atoms with Crippen LogP contribution in [-0.2, 0) is 5.41 Å². The van der Waals surface area contributed by atoms with Crippen molar-refractivity contribution in [3.05, 3.63) is 66.9 Å². The van der Waals surface area contributed by atoms with Gasteiger partial charge in [0.1, 0.15) is 0 Å². The van der Waals surface area contributed by atoms with Crippen molar-refractivity contribution in [1.29, 1.82) is 0 Å². The molecule has 3 aromatic heterocycles. The lowest BCUT2D eigenvalue weighted by molar-refractivity contribution is 0.390. The van der Waals surface area contributed by atoms with Gasteiger partial charge >= 0.3 is 0 Å². The number of nitrogens with one attached hydrogen (secondary N) is 1. The number of aromatic nitrogens is 5. The molecule has 9 heteroatoms. The molecular weight excluding hydrogens is 344 g/mol. The van der Waals surface area contributed by atoms with Gasteiger partial charge in [-0.15, -0.1) is 0 Å². The first-order valence-electron chi connectivity index (χ1n) is 8.13. The molecule has 5 N–H and O–H groups in total. The number of hydrogen-bond acceptors (Lipinski definition) is 9. The van der Waals surface area contributed by atoms with Gasteiger partial charge in [-0.3, -0.25) is 10.8 Å². The number of allylic oxidation sites excluding steroid dienone is 2. The Morgan fingerprint density at radius 2 is 1.93 bits per heavy atom. The molecule has 0 unspecified atom stereocenters. The average molecular weight is 364 g/mol.